The maximum Gasteiger partial charge on any atom is 0.331 e. The molecule has 0 unspecified atom stereocenters. The Morgan fingerprint density at radius 3 is 2.79 bits per heavy atom. The van der Waals surface area contributed by atoms with Crippen LogP contribution >= 0.6 is 0 Å². The van der Waals surface area contributed by atoms with Crippen LogP contribution in [0.25, 0.3) is 11.2 Å². The highest BCUT2D eigenvalue weighted by Crippen LogP contribution is 2.30. The second kappa shape index (κ2) is 7.53. The molecule has 0 bridgehead atoms. The van der Waals surface area contributed by atoms with Crippen LogP contribution in [0.15, 0.2) is 41.3 Å². The molecule has 1 N–H and O–H groups in total. The molecule has 6 nitrogen and oxygen atoms in total. The van der Waals surface area contributed by atoms with Gasteiger partial charge >= 0.3 is 5.69 Å². The van der Waals surface area contributed by atoms with Crippen molar-refractivity contribution in [3.05, 3.63) is 64.2 Å². The number of nitrogens with zero attached hydrogens (tertiary/aromatic N) is 3. The standard InChI is InChI=1S/C20H20F2N4O2/c21-14-7-8-16(22)13(10-14)11-24-18(27)12-25-17-6-3-9-23-19(17)26(20(25)28)15-4-1-2-5-15/h3,6-10,15H,1-2,4-5,11-12H2,(H,24,27). The molecule has 28 heavy (non-hydrogen) atoms. The summed E-state index contributed by atoms with van der Waals surface area (Å²) in [5, 5.41) is 2.55. The zero-order chi connectivity index (χ0) is 19.7. The maximum atomic E-state index is 13.7. The lowest BCUT2D eigenvalue weighted by atomic mass is 10.2. The van der Waals surface area contributed by atoms with E-state index in [-0.39, 0.29) is 30.4 Å². The maximum absolute atomic E-state index is 13.7. The van der Waals surface area contributed by atoms with E-state index < -0.39 is 17.5 Å². The minimum atomic E-state index is -0.596. The molecule has 1 fully saturated rings. The minimum Gasteiger partial charge on any atom is -0.350 e. The van der Waals surface area contributed by atoms with Gasteiger partial charge in [0.2, 0.25) is 5.91 Å². The summed E-state index contributed by atoms with van der Waals surface area (Å²) in [5.74, 6) is -1.63. The fourth-order valence-corrected chi connectivity index (χ4v) is 3.82. The molecule has 2 aromatic heterocycles. The van der Waals surface area contributed by atoms with Crippen molar-refractivity contribution in [2.45, 2.75) is 44.8 Å². The topological polar surface area (TPSA) is 68.9 Å². The van der Waals surface area contributed by atoms with Crippen LogP contribution in [0, 0.1) is 11.6 Å². The molecule has 1 amide bonds. The van der Waals surface area contributed by atoms with Crippen molar-refractivity contribution in [2.24, 2.45) is 0 Å². The third-order valence-electron chi connectivity index (χ3n) is 5.20. The van der Waals surface area contributed by atoms with E-state index in [2.05, 4.69) is 10.3 Å². The number of halogens is 2. The Balaban J connectivity index is 1.57. The number of aromatic nitrogens is 3. The summed E-state index contributed by atoms with van der Waals surface area (Å²) in [7, 11) is 0. The summed E-state index contributed by atoms with van der Waals surface area (Å²) in [4.78, 5) is 29.7. The Labute approximate surface area is 159 Å². The number of carbonyl (C=O) groups is 1. The fraction of sp³-hybridized carbons (Fsp3) is 0.350. The third-order valence-corrected chi connectivity index (χ3v) is 5.20. The van der Waals surface area contributed by atoms with Gasteiger partial charge in [0.05, 0.1) is 5.52 Å². The molecule has 4 rings (SSSR count). The van der Waals surface area contributed by atoms with E-state index in [0.29, 0.717) is 11.2 Å². The summed E-state index contributed by atoms with van der Waals surface area (Å²) in [6.45, 7) is -0.367. The first-order valence-electron chi connectivity index (χ1n) is 9.31. The van der Waals surface area contributed by atoms with Crippen molar-refractivity contribution in [1.29, 1.82) is 0 Å². The number of benzene rings is 1. The van der Waals surface area contributed by atoms with E-state index in [0.717, 1.165) is 43.9 Å². The third kappa shape index (κ3) is 3.42. The van der Waals surface area contributed by atoms with Gasteiger partial charge in [-0.15, -0.1) is 0 Å². The Hall–Kier alpha value is -3.03. The van der Waals surface area contributed by atoms with E-state index in [9.17, 15) is 18.4 Å². The van der Waals surface area contributed by atoms with Crippen molar-refractivity contribution in [3.8, 4) is 0 Å². The number of imidazole rings is 1. The summed E-state index contributed by atoms with van der Waals surface area (Å²) >= 11 is 0. The molecular formula is C20H20F2N4O2. The lowest BCUT2D eigenvalue weighted by Gasteiger charge is -2.10. The summed E-state index contributed by atoms with van der Waals surface area (Å²) in [5.41, 5.74) is 0.943. The molecule has 1 aliphatic carbocycles. The van der Waals surface area contributed by atoms with Crippen molar-refractivity contribution in [3.63, 3.8) is 0 Å². The van der Waals surface area contributed by atoms with Crippen LogP contribution < -0.4 is 11.0 Å². The van der Waals surface area contributed by atoms with E-state index in [1.807, 2.05) is 0 Å². The van der Waals surface area contributed by atoms with Gasteiger partial charge < -0.3 is 5.32 Å². The zero-order valence-electron chi connectivity index (χ0n) is 15.2. The largest absolute Gasteiger partial charge is 0.350 e. The Bertz CT molecular complexity index is 1080. The predicted molar refractivity (Wildman–Crippen MR) is 99.7 cm³/mol. The minimum absolute atomic E-state index is 0.0516. The molecule has 0 aliphatic heterocycles. The smallest absolute Gasteiger partial charge is 0.331 e. The Kier molecular flexibility index (Phi) is 4.93. The van der Waals surface area contributed by atoms with Crippen LogP contribution in [0.5, 0.6) is 0 Å². The highest BCUT2D eigenvalue weighted by atomic mass is 19.1. The van der Waals surface area contributed by atoms with Crippen molar-refractivity contribution in [1.82, 2.24) is 19.4 Å². The van der Waals surface area contributed by atoms with Gasteiger partial charge in [-0.1, -0.05) is 12.8 Å². The van der Waals surface area contributed by atoms with Crippen molar-refractivity contribution in [2.75, 3.05) is 0 Å². The molecular weight excluding hydrogens is 366 g/mol. The van der Waals surface area contributed by atoms with Gasteiger partial charge in [0.15, 0.2) is 5.65 Å². The molecule has 2 heterocycles. The van der Waals surface area contributed by atoms with Gasteiger partial charge in [-0.2, -0.15) is 0 Å². The van der Waals surface area contributed by atoms with E-state index in [4.69, 9.17) is 0 Å². The van der Waals surface area contributed by atoms with Gasteiger partial charge in [-0.05, 0) is 43.2 Å². The molecule has 8 heteroatoms. The molecule has 0 spiro atoms. The van der Waals surface area contributed by atoms with E-state index >= 15 is 0 Å². The first kappa shape index (κ1) is 18.3. The normalized spacial score (nSPS) is 14.6. The van der Waals surface area contributed by atoms with Crippen molar-refractivity contribution < 1.29 is 13.6 Å². The quantitative estimate of drug-likeness (QED) is 0.733. The molecule has 0 saturated heterocycles. The van der Waals surface area contributed by atoms with Gasteiger partial charge in [-0.3, -0.25) is 13.9 Å². The second-order valence-corrected chi connectivity index (χ2v) is 7.04. The van der Waals surface area contributed by atoms with Gasteiger partial charge in [0.25, 0.3) is 0 Å². The highest BCUT2D eigenvalue weighted by molar-refractivity contribution is 5.79. The van der Waals surface area contributed by atoms with Gasteiger partial charge in [-0.25, -0.2) is 18.6 Å². The molecule has 0 radical (unpaired) electrons. The summed E-state index contributed by atoms with van der Waals surface area (Å²) in [6, 6.07) is 6.65. The van der Waals surface area contributed by atoms with Gasteiger partial charge in [0.1, 0.15) is 18.2 Å². The number of nitrogens with one attached hydrogen (secondary N) is 1. The lowest BCUT2D eigenvalue weighted by Crippen LogP contribution is -2.33. The first-order chi connectivity index (χ1) is 13.5. The van der Waals surface area contributed by atoms with Crippen LogP contribution in [0.2, 0.25) is 0 Å². The van der Waals surface area contributed by atoms with Gasteiger partial charge in [0, 0.05) is 24.3 Å². The predicted octanol–water partition coefficient (Wildman–Crippen LogP) is 2.91. The monoisotopic (exact) mass is 386 g/mol. The van der Waals surface area contributed by atoms with E-state index in [1.165, 1.54) is 4.57 Å². The molecule has 1 saturated carbocycles. The van der Waals surface area contributed by atoms with Crippen LogP contribution in [0.1, 0.15) is 37.3 Å². The molecule has 1 aromatic carbocycles. The number of hydrogen-bond acceptors (Lipinski definition) is 3. The number of amides is 1. The highest BCUT2D eigenvalue weighted by Gasteiger charge is 2.24. The lowest BCUT2D eigenvalue weighted by molar-refractivity contribution is -0.121. The van der Waals surface area contributed by atoms with Crippen LogP contribution in [-0.4, -0.2) is 20.0 Å². The number of hydrogen-bond donors (Lipinski definition) is 1. The SMILES string of the molecule is O=C(Cn1c(=O)n(C2CCCC2)c2ncccc21)NCc1cc(F)ccc1F. The van der Waals surface area contributed by atoms with Crippen LogP contribution in [0.4, 0.5) is 8.78 Å². The first-order valence-corrected chi connectivity index (χ1v) is 9.31. The zero-order valence-corrected chi connectivity index (χ0v) is 15.2. The molecule has 0 atom stereocenters. The van der Waals surface area contributed by atoms with E-state index in [1.54, 1.807) is 22.9 Å². The Morgan fingerprint density at radius 2 is 2.00 bits per heavy atom. The fourth-order valence-electron chi connectivity index (χ4n) is 3.82. The van der Waals surface area contributed by atoms with Crippen LogP contribution in [-0.2, 0) is 17.9 Å². The summed E-state index contributed by atoms with van der Waals surface area (Å²) < 4.78 is 30.0. The number of fused-ring (bicyclic) bond motifs is 1. The number of carbonyl (C=O) groups excluding carboxylic acids is 1. The number of rotatable bonds is 5. The Morgan fingerprint density at radius 1 is 1.21 bits per heavy atom. The average Bonchev–Trinajstić information content (AvgIpc) is 3.30. The molecule has 1 aliphatic rings. The van der Waals surface area contributed by atoms with Crippen molar-refractivity contribution >= 4 is 17.1 Å². The van der Waals surface area contributed by atoms with Crippen LogP contribution in [0.3, 0.4) is 0 Å². The molecule has 3 aromatic rings. The number of pyridine rings is 1. The summed E-state index contributed by atoms with van der Waals surface area (Å²) in [6.07, 6.45) is 5.60. The second-order valence-electron chi connectivity index (χ2n) is 7.04. The average molecular weight is 386 g/mol. The molecule has 146 valence electrons.